The molecule has 148 valence electrons. The Morgan fingerprint density at radius 2 is 1.54 bits per heavy atom. The summed E-state index contributed by atoms with van der Waals surface area (Å²) in [5, 5.41) is 2.76. The molecule has 0 aromatic heterocycles. The van der Waals surface area contributed by atoms with Crippen LogP contribution in [0.15, 0.2) is 47.4 Å². The van der Waals surface area contributed by atoms with Crippen LogP contribution < -0.4 is 5.32 Å². The first kappa shape index (κ1) is 20.3. The molecule has 0 bridgehead atoms. The van der Waals surface area contributed by atoms with Crippen molar-refractivity contribution in [2.24, 2.45) is 0 Å². The molecule has 0 radical (unpaired) electrons. The Morgan fingerprint density at radius 3 is 2.07 bits per heavy atom. The van der Waals surface area contributed by atoms with Crippen molar-refractivity contribution >= 4 is 27.2 Å². The van der Waals surface area contributed by atoms with E-state index in [1.807, 2.05) is 13.8 Å². The van der Waals surface area contributed by atoms with E-state index in [1.165, 1.54) is 6.92 Å². The van der Waals surface area contributed by atoms with Gasteiger partial charge in [0.05, 0.1) is 4.90 Å². The first-order valence-corrected chi connectivity index (χ1v) is 10.9. The Hall–Kier alpha value is -2.47. The number of aryl methyl sites for hydroxylation is 2. The summed E-state index contributed by atoms with van der Waals surface area (Å²) in [6.45, 7) is 5.26. The Labute approximate surface area is 166 Å². The van der Waals surface area contributed by atoms with Crippen LogP contribution in [0.4, 0.5) is 5.69 Å². The molecule has 2 aromatic carbocycles. The maximum Gasteiger partial charge on any atom is 0.246 e. The van der Waals surface area contributed by atoms with Gasteiger partial charge in [0.15, 0.2) is 20.4 Å². The summed E-state index contributed by atoms with van der Waals surface area (Å²) >= 11 is 0. The van der Waals surface area contributed by atoms with Gasteiger partial charge in [0.1, 0.15) is 0 Å². The molecule has 28 heavy (non-hydrogen) atoms. The summed E-state index contributed by atoms with van der Waals surface area (Å²) in [7, 11) is -3.85. The SMILES string of the molecule is CC(=O)c1ccc(NC(=O)C2(S(=O)(=O)c3ccc(C)c(C)c3)CCCC2)cc1. The third-order valence-corrected chi connectivity index (χ3v) is 8.17. The van der Waals surface area contributed by atoms with Crippen LogP contribution in [-0.4, -0.2) is 24.9 Å². The number of anilines is 1. The second-order valence-corrected chi connectivity index (χ2v) is 9.80. The average molecular weight is 400 g/mol. The van der Waals surface area contributed by atoms with E-state index in [2.05, 4.69) is 5.32 Å². The number of ketones is 1. The molecular weight excluding hydrogens is 374 g/mol. The van der Waals surface area contributed by atoms with Crippen LogP contribution in [0.3, 0.4) is 0 Å². The van der Waals surface area contributed by atoms with Crippen molar-refractivity contribution in [2.45, 2.75) is 56.1 Å². The van der Waals surface area contributed by atoms with Gasteiger partial charge in [-0.05, 0) is 81.1 Å². The molecule has 1 N–H and O–H groups in total. The van der Waals surface area contributed by atoms with Crippen molar-refractivity contribution in [2.75, 3.05) is 5.32 Å². The Morgan fingerprint density at radius 1 is 0.929 bits per heavy atom. The Kier molecular flexibility index (Phi) is 5.44. The van der Waals surface area contributed by atoms with Crippen LogP contribution >= 0.6 is 0 Å². The standard InChI is InChI=1S/C22H25NO4S/c1-15-6-11-20(14-16(15)2)28(26,27)22(12-4-5-13-22)21(25)23-19-9-7-18(8-10-19)17(3)24/h6-11,14H,4-5,12-13H2,1-3H3,(H,23,25). The second-order valence-electron chi connectivity index (χ2n) is 7.54. The Balaban J connectivity index is 1.95. The molecule has 3 rings (SSSR count). The summed E-state index contributed by atoms with van der Waals surface area (Å²) in [6.07, 6.45) is 2.00. The molecule has 0 saturated heterocycles. The van der Waals surface area contributed by atoms with Crippen molar-refractivity contribution in [1.29, 1.82) is 0 Å². The number of carbonyl (C=O) groups excluding carboxylic acids is 2. The lowest BCUT2D eigenvalue weighted by Crippen LogP contribution is -2.47. The molecule has 0 spiro atoms. The second kappa shape index (κ2) is 7.51. The van der Waals surface area contributed by atoms with Gasteiger partial charge < -0.3 is 5.32 Å². The molecule has 2 aromatic rings. The summed E-state index contributed by atoms with van der Waals surface area (Å²) < 4.78 is 25.5. The van der Waals surface area contributed by atoms with Crippen molar-refractivity contribution in [3.8, 4) is 0 Å². The van der Waals surface area contributed by atoms with Gasteiger partial charge in [0, 0.05) is 11.3 Å². The number of rotatable bonds is 5. The number of Topliss-reactive ketones (excluding diaryl/α,β-unsaturated/α-hetero) is 1. The first-order valence-electron chi connectivity index (χ1n) is 9.42. The van der Waals surface area contributed by atoms with Gasteiger partial charge in [-0.3, -0.25) is 9.59 Å². The smallest absolute Gasteiger partial charge is 0.246 e. The zero-order valence-electron chi connectivity index (χ0n) is 16.4. The normalized spacial score (nSPS) is 16.0. The highest BCUT2D eigenvalue weighted by molar-refractivity contribution is 7.93. The molecule has 5 nitrogen and oxygen atoms in total. The number of benzene rings is 2. The summed E-state index contributed by atoms with van der Waals surface area (Å²) in [4.78, 5) is 24.8. The number of nitrogens with one attached hydrogen (secondary N) is 1. The minimum Gasteiger partial charge on any atom is -0.325 e. The lowest BCUT2D eigenvalue weighted by molar-refractivity contribution is -0.118. The highest BCUT2D eigenvalue weighted by Gasteiger charge is 2.53. The van der Waals surface area contributed by atoms with Gasteiger partial charge in [-0.15, -0.1) is 0 Å². The summed E-state index contributed by atoms with van der Waals surface area (Å²) in [6, 6.07) is 11.5. The van der Waals surface area contributed by atoms with E-state index in [4.69, 9.17) is 0 Å². The zero-order valence-corrected chi connectivity index (χ0v) is 17.2. The minimum atomic E-state index is -3.85. The Bertz CT molecular complexity index is 1020. The van der Waals surface area contributed by atoms with Crippen LogP contribution in [0.1, 0.15) is 54.1 Å². The highest BCUT2D eigenvalue weighted by Crippen LogP contribution is 2.41. The molecule has 6 heteroatoms. The van der Waals surface area contributed by atoms with Gasteiger partial charge >= 0.3 is 0 Å². The monoisotopic (exact) mass is 399 g/mol. The van der Waals surface area contributed by atoms with E-state index >= 15 is 0 Å². The molecule has 0 aliphatic heterocycles. The summed E-state index contributed by atoms with van der Waals surface area (Å²) in [5.41, 5.74) is 2.91. The number of hydrogen-bond donors (Lipinski definition) is 1. The van der Waals surface area contributed by atoms with E-state index < -0.39 is 20.5 Å². The molecule has 0 heterocycles. The maximum atomic E-state index is 13.5. The molecule has 1 amide bonds. The van der Waals surface area contributed by atoms with Crippen molar-refractivity contribution in [3.05, 3.63) is 59.2 Å². The quantitative estimate of drug-likeness (QED) is 0.763. The number of carbonyl (C=O) groups is 2. The molecule has 1 saturated carbocycles. The molecular formula is C22H25NO4S. The lowest BCUT2D eigenvalue weighted by atomic mass is 10.1. The molecule has 1 aliphatic carbocycles. The average Bonchev–Trinajstić information content (AvgIpc) is 3.16. The molecule has 1 fully saturated rings. The van der Waals surface area contributed by atoms with Crippen LogP contribution in [0.5, 0.6) is 0 Å². The predicted octanol–water partition coefficient (Wildman–Crippen LogP) is 4.23. The molecule has 1 aliphatic rings. The fourth-order valence-electron chi connectivity index (χ4n) is 3.70. The van der Waals surface area contributed by atoms with Gasteiger partial charge in [-0.1, -0.05) is 18.9 Å². The molecule has 0 unspecified atom stereocenters. The third-order valence-electron chi connectivity index (χ3n) is 5.68. The third kappa shape index (κ3) is 3.49. The van der Waals surface area contributed by atoms with Crippen molar-refractivity contribution < 1.29 is 18.0 Å². The predicted molar refractivity (Wildman–Crippen MR) is 109 cm³/mol. The fourth-order valence-corrected chi connectivity index (χ4v) is 5.86. The molecule has 0 atom stereocenters. The van der Waals surface area contributed by atoms with Crippen LogP contribution in [0, 0.1) is 13.8 Å². The maximum absolute atomic E-state index is 13.5. The van der Waals surface area contributed by atoms with E-state index in [0.717, 1.165) is 11.1 Å². The van der Waals surface area contributed by atoms with E-state index in [9.17, 15) is 18.0 Å². The van der Waals surface area contributed by atoms with Crippen LogP contribution in [0.25, 0.3) is 0 Å². The summed E-state index contributed by atoms with van der Waals surface area (Å²) in [5.74, 6) is -0.568. The fraction of sp³-hybridized carbons (Fsp3) is 0.364. The van der Waals surface area contributed by atoms with E-state index in [1.54, 1.807) is 42.5 Å². The minimum absolute atomic E-state index is 0.0672. The lowest BCUT2D eigenvalue weighted by Gasteiger charge is -2.28. The van der Waals surface area contributed by atoms with Crippen LogP contribution in [0.2, 0.25) is 0 Å². The van der Waals surface area contributed by atoms with E-state index in [-0.39, 0.29) is 10.7 Å². The highest BCUT2D eigenvalue weighted by atomic mass is 32.2. The topological polar surface area (TPSA) is 80.3 Å². The van der Waals surface area contributed by atoms with Gasteiger partial charge in [-0.25, -0.2) is 8.42 Å². The van der Waals surface area contributed by atoms with Crippen molar-refractivity contribution in [1.82, 2.24) is 0 Å². The van der Waals surface area contributed by atoms with Crippen molar-refractivity contribution in [3.63, 3.8) is 0 Å². The van der Waals surface area contributed by atoms with Crippen LogP contribution in [-0.2, 0) is 14.6 Å². The van der Waals surface area contributed by atoms with Gasteiger partial charge in [-0.2, -0.15) is 0 Å². The number of amides is 1. The number of sulfone groups is 1. The zero-order chi connectivity index (χ0) is 20.5. The first-order chi connectivity index (χ1) is 13.2. The van der Waals surface area contributed by atoms with Gasteiger partial charge in [0.2, 0.25) is 5.91 Å². The van der Waals surface area contributed by atoms with Gasteiger partial charge in [0.25, 0.3) is 0 Å². The number of hydrogen-bond acceptors (Lipinski definition) is 4. The van der Waals surface area contributed by atoms with E-state index in [0.29, 0.717) is 36.9 Å². The largest absolute Gasteiger partial charge is 0.325 e.